The lowest BCUT2D eigenvalue weighted by atomic mass is 10.0. The van der Waals surface area contributed by atoms with Crippen molar-refractivity contribution < 1.29 is 13.3 Å². The Labute approximate surface area is 133 Å². The summed E-state index contributed by atoms with van der Waals surface area (Å²) in [4.78, 5) is 10.1. The minimum absolute atomic E-state index is 0.0887. The van der Waals surface area contributed by atoms with Gasteiger partial charge in [-0.05, 0) is 24.1 Å². The summed E-state index contributed by atoms with van der Waals surface area (Å²) in [6, 6.07) is 12.0. The average molecular weight is 333 g/mol. The summed E-state index contributed by atoms with van der Waals surface area (Å²) in [6.45, 7) is 0.0887. The highest BCUT2D eigenvalue weighted by Crippen LogP contribution is 2.34. The molecule has 7 nitrogen and oxygen atoms in total. The summed E-state index contributed by atoms with van der Waals surface area (Å²) >= 11 is 0. The molecule has 0 radical (unpaired) electrons. The molecule has 0 amide bonds. The van der Waals surface area contributed by atoms with Crippen LogP contribution in [0.3, 0.4) is 0 Å². The van der Waals surface area contributed by atoms with Gasteiger partial charge < -0.3 is 5.73 Å². The molecular formula is C15H15N3O4S. The summed E-state index contributed by atoms with van der Waals surface area (Å²) in [5, 5.41) is 11.2. The van der Waals surface area contributed by atoms with Gasteiger partial charge in [0.2, 0.25) is 0 Å². The molecule has 0 fully saturated rings. The van der Waals surface area contributed by atoms with Gasteiger partial charge in [-0.25, -0.2) is 8.42 Å². The maximum atomic E-state index is 13.0. The first-order chi connectivity index (χ1) is 10.9. The number of hydrogen-bond acceptors (Lipinski definition) is 5. The van der Waals surface area contributed by atoms with Crippen LogP contribution in [0.15, 0.2) is 53.4 Å². The second-order valence-corrected chi connectivity index (χ2v) is 7.18. The third-order valence-corrected chi connectivity index (χ3v) is 5.60. The smallest absolute Gasteiger partial charge is 0.289 e. The summed E-state index contributed by atoms with van der Waals surface area (Å²) in [5.41, 5.74) is 6.87. The molecule has 1 aliphatic heterocycles. The summed E-state index contributed by atoms with van der Waals surface area (Å²) in [5.74, 6) is 0. The first kappa shape index (κ1) is 15.4. The van der Waals surface area contributed by atoms with Crippen LogP contribution >= 0.6 is 0 Å². The molecule has 1 atom stereocenters. The van der Waals surface area contributed by atoms with Crippen LogP contribution in [0.5, 0.6) is 0 Å². The largest absolute Gasteiger partial charge is 0.326 e. The van der Waals surface area contributed by atoms with Crippen LogP contribution in [0.25, 0.3) is 0 Å². The zero-order chi connectivity index (χ0) is 16.6. The molecule has 2 aromatic carbocycles. The Morgan fingerprint density at radius 2 is 1.78 bits per heavy atom. The van der Waals surface area contributed by atoms with E-state index in [0.29, 0.717) is 12.1 Å². The van der Waals surface area contributed by atoms with Gasteiger partial charge in [-0.1, -0.05) is 30.3 Å². The molecule has 23 heavy (non-hydrogen) atoms. The molecular weight excluding hydrogens is 318 g/mol. The number of para-hydroxylation sites is 2. The van der Waals surface area contributed by atoms with Crippen LogP contribution in [0.4, 0.5) is 11.4 Å². The summed E-state index contributed by atoms with van der Waals surface area (Å²) in [6.07, 6.45) is 0.569. The molecule has 0 bridgehead atoms. The van der Waals surface area contributed by atoms with E-state index in [2.05, 4.69) is 0 Å². The topological polar surface area (TPSA) is 107 Å². The van der Waals surface area contributed by atoms with Crippen LogP contribution in [0.1, 0.15) is 5.56 Å². The maximum absolute atomic E-state index is 13.0. The second kappa shape index (κ2) is 5.64. The lowest BCUT2D eigenvalue weighted by Crippen LogP contribution is -2.46. The van der Waals surface area contributed by atoms with Gasteiger partial charge in [-0.15, -0.1) is 0 Å². The lowest BCUT2D eigenvalue weighted by Gasteiger charge is -2.33. The standard InChI is InChI=1S/C15H15N3O4S/c16-12-9-11-5-1-2-6-13(11)17(10-12)23(21,22)15-8-4-3-7-14(15)18(19)20/h1-8,12H,9-10,16H2. The Hall–Kier alpha value is -2.45. The van der Waals surface area contributed by atoms with Crippen molar-refractivity contribution in [2.24, 2.45) is 5.73 Å². The first-order valence-electron chi connectivity index (χ1n) is 7.01. The van der Waals surface area contributed by atoms with Gasteiger partial charge in [0.05, 0.1) is 10.6 Å². The second-order valence-electron chi connectivity index (χ2n) is 5.35. The normalized spacial score (nSPS) is 17.6. The molecule has 1 aliphatic rings. The Balaban J connectivity index is 2.17. The number of nitro benzene ring substituents is 1. The van der Waals surface area contributed by atoms with Crippen LogP contribution in [0, 0.1) is 10.1 Å². The van der Waals surface area contributed by atoms with Gasteiger partial charge in [0.15, 0.2) is 4.90 Å². The van der Waals surface area contributed by atoms with Crippen molar-refractivity contribution in [2.45, 2.75) is 17.4 Å². The van der Waals surface area contributed by atoms with E-state index in [-0.39, 0.29) is 17.5 Å². The zero-order valence-electron chi connectivity index (χ0n) is 12.1. The van der Waals surface area contributed by atoms with E-state index >= 15 is 0 Å². The SMILES string of the molecule is NC1Cc2ccccc2N(S(=O)(=O)c2ccccc2[N+](=O)[O-])C1. The van der Waals surface area contributed by atoms with E-state index in [1.54, 1.807) is 12.1 Å². The number of rotatable bonds is 3. The highest BCUT2D eigenvalue weighted by molar-refractivity contribution is 7.93. The number of fused-ring (bicyclic) bond motifs is 1. The van der Waals surface area contributed by atoms with Gasteiger partial charge in [0, 0.05) is 18.7 Å². The zero-order valence-corrected chi connectivity index (χ0v) is 12.9. The number of hydrogen-bond donors (Lipinski definition) is 1. The molecule has 2 N–H and O–H groups in total. The van der Waals surface area contributed by atoms with Crippen molar-refractivity contribution >= 4 is 21.4 Å². The summed E-state index contributed by atoms with van der Waals surface area (Å²) in [7, 11) is -4.07. The fourth-order valence-corrected chi connectivity index (χ4v) is 4.48. The Morgan fingerprint density at radius 1 is 1.13 bits per heavy atom. The molecule has 0 aliphatic carbocycles. The van der Waals surface area contributed by atoms with Crippen molar-refractivity contribution in [3.8, 4) is 0 Å². The third kappa shape index (κ3) is 2.66. The van der Waals surface area contributed by atoms with Crippen molar-refractivity contribution in [1.29, 1.82) is 0 Å². The molecule has 1 heterocycles. The molecule has 0 saturated carbocycles. The number of anilines is 1. The molecule has 2 aromatic rings. The minimum atomic E-state index is -4.07. The highest BCUT2D eigenvalue weighted by Gasteiger charge is 2.35. The fraction of sp³-hybridized carbons (Fsp3) is 0.200. The van der Waals surface area contributed by atoms with E-state index in [1.165, 1.54) is 28.6 Å². The third-order valence-electron chi connectivity index (χ3n) is 3.77. The molecule has 120 valence electrons. The molecule has 8 heteroatoms. The van der Waals surface area contributed by atoms with Gasteiger partial charge in [-0.2, -0.15) is 0 Å². The van der Waals surface area contributed by atoms with E-state index in [1.807, 2.05) is 12.1 Å². The monoisotopic (exact) mass is 333 g/mol. The average Bonchev–Trinajstić information content (AvgIpc) is 2.54. The van der Waals surface area contributed by atoms with E-state index in [0.717, 1.165) is 5.56 Å². The molecule has 3 rings (SSSR count). The number of nitrogens with two attached hydrogens (primary N) is 1. The number of nitro groups is 1. The minimum Gasteiger partial charge on any atom is -0.326 e. The quantitative estimate of drug-likeness (QED) is 0.679. The fourth-order valence-electron chi connectivity index (χ4n) is 2.76. The molecule has 1 unspecified atom stereocenters. The Bertz CT molecular complexity index is 867. The van der Waals surface area contributed by atoms with Gasteiger partial charge in [0.25, 0.3) is 15.7 Å². The van der Waals surface area contributed by atoms with E-state index in [9.17, 15) is 18.5 Å². The van der Waals surface area contributed by atoms with Crippen LogP contribution in [0.2, 0.25) is 0 Å². The molecule has 0 spiro atoms. The lowest BCUT2D eigenvalue weighted by molar-refractivity contribution is -0.387. The maximum Gasteiger partial charge on any atom is 0.289 e. The van der Waals surface area contributed by atoms with Gasteiger partial charge in [-0.3, -0.25) is 14.4 Å². The van der Waals surface area contributed by atoms with Gasteiger partial charge in [0.1, 0.15) is 0 Å². The predicted molar refractivity (Wildman–Crippen MR) is 85.7 cm³/mol. The first-order valence-corrected chi connectivity index (χ1v) is 8.45. The Morgan fingerprint density at radius 3 is 2.52 bits per heavy atom. The van der Waals surface area contributed by atoms with Crippen molar-refractivity contribution in [3.05, 3.63) is 64.2 Å². The number of nitrogens with zero attached hydrogens (tertiary/aromatic N) is 2. The molecule has 0 aromatic heterocycles. The molecule has 0 saturated heterocycles. The van der Waals surface area contributed by atoms with Crippen molar-refractivity contribution in [1.82, 2.24) is 0 Å². The van der Waals surface area contributed by atoms with Crippen LogP contribution < -0.4 is 10.0 Å². The van der Waals surface area contributed by atoms with E-state index in [4.69, 9.17) is 5.73 Å². The highest BCUT2D eigenvalue weighted by atomic mass is 32.2. The van der Waals surface area contributed by atoms with Gasteiger partial charge >= 0.3 is 0 Å². The number of benzene rings is 2. The van der Waals surface area contributed by atoms with E-state index < -0.39 is 20.6 Å². The number of sulfonamides is 1. The summed E-state index contributed by atoms with van der Waals surface area (Å²) < 4.78 is 27.1. The Kier molecular flexibility index (Phi) is 3.78. The van der Waals surface area contributed by atoms with Crippen LogP contribution in [-0.2, 0) is 16.4 Å². The van der Waals surface area contributed by atoms with Crippen molar-refractivity contribution in [3.63, 3.8) is 0 Å². The van der Waals surface area contributed by atoms with Crippen LogP contribution in [-0.4, -0.2) is 25.9 Å². The van der Waals surface area contributed by atoms with Crippen molar-refractivity contribution in [2.75, 3.05) is 10.8 Å². The predicted octanol–water partition coefficient (Wildman–Crippen LogP) is 1.67.